The molecule has 0 unspecified atom stereocenters. The zero-order chi connectivity index (χ0) is 18.0. The molecule has 9 heteroatoms. The summed E-state index contributed by atoms with van der Waals surface area (Å²) in [7, 11) is -3.88. The highest BCUT2D eigenvalue weighted by Crippen LogP contribution is 2.21. The van der Waals surface area contributed by atoms with Crippen molar-refractivity contribution in [2.75, 3.05) is 13.1 Å². The highest BCUT2D eigenvalue weighted by atomic mass is 32.2. The number of nitrogens with one attached hydrogen (secondary N) is 1. The van der Waals surface area contributed by atoms with E-state index in [0.717, 1.165) is 0 Å². The standard InChI is InChI=1S/C15H22N6O2S/c1-4-20(21-10-15(2,3)9-18-21)11-19-24(22,23)13-7-5-6-12(8-13)14(16)17/h5-9,11H,4,10H2,1-3H3,(H3,16,17). The molecule has 1 aliphatic heterocycles. The summed E-state index contributed by atoms with van der Waals surface area (Å²) >= 11 is 0. The van der Waals surface area contributed by atoms with Crippen molar-refractivity contribution in [3.05, 3.63) is 29.8 Å². The summed E-state index contributed by atoms with van der Waals surface area (Å²) in [6.07, 6.45) is 3.09. The number of amidine groups is 1. The number of hydrazine groups is 1. The Morgan fingerprint density at radius 2 is 2.25 bits per heavy atom. The third-order valence-corrected chi connectivity index (χ3v) is 4.69. The first-order valence-electron chi connectivity index (χ1n) is 7.49. The molecule has 1 aromatic rings. The Kier molecular flexibility index (Phi) is 4.93. The average molecular weight is 350 g/mol. The zero-order valence-corrected chi connectivity index (χ0v) is 14.8. The molecular formula is C15H22N6O2S. The molecule has 0 aliphatic carbocycles. The zero-order valence-electron chi connectivity index (χ0n) is 14.0. The number of hydrogen-bond acceptors (Lipinski definition) is 5. The van der Waals surface area contributed by atoms with Crippen molar-refractivity contribution in [2.45, 2.75) is 25.7 Å². The lowest BCUT2D eigenvalue weighted by molar-refractivity contribution is 0.0545. The summed E-state index contributed by atoms with van der Waals surface area (Å²) in [4.78, 5) is -0.00671. The summed E-state index contributed by atoms with van der Waals surface area (Å²) in [5.74, 6) is -0.195. The van der Waals surface area contributed by atoms with Crippen LogP contribution in [0.2, 0.25) is 0 Å². The van der Waals surface area contributed by atoms with Gasteiger partial charge < -0.3 is 5.73 Å². The van der Waals surface area contributed by atoms with E-state index in [0.29, 0.717) is 18.7 Å². The predicted molar refractivity (Wildman–Crippen MR) is 94.5 cm³/mol. The van der Waals surface area contributed by atoms with Crippen LogP contribution in [0.1, 0.15) is 26.3 Å². The normalized spacial score (nSPS) is 16.7. The summed E-state index contributed by atoms with van der Waals surface area (Å²) in [5, 5.41) is 15.0. The number of benzene rings is 1. The Bertz CT molecular complexity index is 785. The van der Waals surface area contributed by atoms with E-state index >= 15 is 0 Å². The molecule has 1 aliphatic rings. The molecule has 1 aromatic carbocycles. The van der Waals surface area contributed by atoms with Crippen molar-refractivity contribution < 1.29 is 8.42 Å². The fourth-order valence-corrected chi connectivity index (χ4v) is 3.01. The predicted octanol–water partition coefficient (Wildman–Crippen LogP) is 1.25. The van der Waals surface area contributed by atoms with Crippen LogP contribution < -0.4 is 5.73 Å². The van der Waals surface area contributed by atoms with E-state index in [4.69, 9.17) is 11.1 Å². The lowest BCUT2D eigenvalue weighted by atomic mass is 9.97. The van der Waals surface area contributed by atoms with E-state index < -0.39 is 10.0 Å². The Hall–Kier alpha value is -2.42. The molecule has 24 heavy (non-hydrogen) atoms. The van der Waals surface area contributed by atoms with Crippen LogP contribution in [0, 0.1) is 10.8 Å². The fourth-order valence-electron chi connectivity index (χ4n) is 2.13. The first kappa shape index (κ1) is 17.9. The number of hydrazone groups is 1. The van der Waals surface area contributed by atoms with Crippen LogP contribution in [0.25, 0.3) is 0 Å². The van der Waals surface area contributed by atoms with Crippen molar-refractivity contribution in [1.29, 1.82) is 5.41 Å². The van der Waals surface area contributed by atoms with Gasteiger partial charge in [0.1, 0.15) is 12.2 Å². The molecule has 8 nitrogen and oxygen atoms in total. The van der Waals surface area contributed by atoms with E-state index in [1.54, 1.807) is 16.2 Å². The van der Waals surface area contributed by atoms with Gasteiger partial charge in [-0.05, 0) is 19.1 Å². The lowest BCUT2D eigenvalue weighted by Gasteiger charge is -2.28. The van der Waals surface area contributed by atoms with Crippen LogP contribution >= 0.6 is 0 Å². The topological polar surface area (TPSA) is 115 Å². The minimum absolute atomic E-state index is 0.00671. The Labute approximate surface area is 142 Å². The van der Waals surface area contributed by atoms with Gasteiger partial charge in [0, 0.05) is 23.7 Å². The molecule has 0 spiro atoms. The average Bonchev–Trinajstić information content (AvgIpc) is 2.88. The molecule has 0 saturated heterocycles. The van der Waals surface area contributed by atoms with Gasteiger partial charge >= 0.3 is 0 Å². The molecule has 130 valence electrons. The van der Waals surface area contributed by atoms with Gasteiger partial charge in [0.2, 0.25) is 0 Å². The van der Waals surface area contributed by atoms with E-state index in [1.807, 2.05) is 27.0 Å². The van der Waals surface area contributed by atoms with Crippen LogP contribution in [-0.2, 0) is 10.0 Å². The fraction of sp³-hybridized carbons (Fsp3) is 0.400. The minimum atomic E-state index is -3.88. The van der Waals surface area contributed by atoms with Gasteiger partial charge in [0.25, 0.3) is 10.0 Å². The third-order valence-electron chi connectivity index (χ3n) is 3.47. The maximum atomic E-state index is 12.4. The van der Waals surface area contributed by atoms with Crippen LogP contribution in [-0.4, -0.2) is 50.0 Å². The Morgan fingerprint density at radius 1 is 1.54 bits per heavy atom. The van der Waals surface area contributed by atoms with Crippen LogP contribution in [0.4, 0.5) is 0 Å². The highest BCUT2D eigenvalue weighted by molar-refractivity contribution is 7.90. The Morgan fingerprint density at radius 3 is 2.79 bits per heavy atom. The number of sulfonamides is 1. The molecule has 0 atom stereocenters. The Balaban J connectivity index is 2.21. The summed E-state index contributed by atoms with van der Waals surface area (Å²) in [5.41, 5.74) is 5.66. The molecule has 0 aromatic heterocycles. The number of nitrogen functional groups attached to an aromatic ring is 1. The molecular weight excluding hydrogens is 328 g/mol. The first-order valence-corrected chi connectivity index (χ1v) is 8.93. The quantitative estimate of drug-likeness (QED) is 0.592. The minimum Gasteiger partial charge on any atom is -0.384 e. The second-order valence-corrected chi connectivity index (χ2v) is 7.79. The molecule has 0 radical (unpaired) electrons. The van der Waals surface area contributed by atoms with E-state index in [9.17, 15) is 8.42 Å². The second-order valence-electron chi connectivity index (χ2n) is 6.16. The molecule has 0 bridgehead atoms. The van der Waals surface area contributed by atoms with E-state index in [-0.39, 0.29) is 16.1 Å². The number of hydrogen-bond donors (Lipinski definition) is 2. The van der Waals surface area contributed by atoms with E-state index in [1.165, 1.54) is 24.5 Å². The molecule has 2 rings (SSSR count). The van der Waals surface area contributed by atoms with Crippen molar-refractivity contribution in [2.24, 2.45) is 20.6 Å². The first-order chi connectivity index (χ1) is 11.1. The van der Waals surface area contributed by atoms with Gasteiger partial charge in [-0.1, -0.05) is 26.0 Å². The van der Waals surface area contributed by atoms with Gasteiger partial charge in [-0.15, -0.1) is 4.40 Å². The van der Waals surface area contributed by atoms with Crippen LogP contribution in [0.15, 0.2) is 38.7 Å². The number of rotatable bonds is 6. The lowest BCUT2D eigenvalue weighted by Crippen LogP contribution is -2.39. The molecule has 1 heterocycles. The second kappa shape index (κ2) is 6.60. The molecule has 0 saturated carbocycles. The summed E-state index contributed by atoms with van der Waals surface area (Å²) < 4.78 is 28.5. The van der Waals surface area contributed by atoms with Crippen LogP contribution in [0.3, 0.4) is 0 Å². The van der Waals surface area contributed by atoms with Crippen molar-refractivity contribution >= 4 is 28.4 Å². The highest BCUT2D eigenvalue weighted by Gasteiger charge is 2.27. The van der Waals surface area contributed by atoms with Crippen molar-refractivity contribution in [3.8, 4) is 0 Å². The number of nitrogens with two attached hydrogens (primary N) is 1. The molecule has 0 amide bonds. The van der Waals surface area contributed by atoms with E-state index in [2.05, 4.69) is 9.50 Å². The monoisotopic (exact) mass is 350 g/mol. The smallest absolute Gasteiger partial charge is 0.283 e. The summed E-state index contributed by atoms with van der Waals surface area (Å²) in [6, 6.07) is 5.86. The maximum absolute atomic E-state index is 12.4. The van der Waals surface area contributed by atoms with Crippen LogP contribution in [0.5, 0.6) is 0 Å². The summed E-state index contributed by atoms with van der Waals surface area (Å²) in [6.45, 7) is 7.15. The maximum Gasteiger partial charge on any atom is 0.283 e. The molecule has 3 N–H and O–H groups in total. The third kappa shape index (κ3) is 4.10. The molecule has 0 fully saturated rings. The van der Waals surface area contributed by atoms with Crippen molar-refractivity contribution in [3.63, 3.8) is 0 Å². The van der Waals surface area contributed by atoms with Gasteiger partial charge in [0.15, 0.2) is 0 Å². The SMILES string of the molecule is CCN(C=NS(=O)(=O)c1cccc(C(=N)N)c1)N1CC(C)(C)C=N1. The van der Waals surface area contributed by atoms with Gasteiger partial charge in [-0.2, -0.15) is 13.5 Å². The van der Waals surface area contributed by atoms with Gasteiger partial charge in [-0.3, -0.25) is 10.4 Å². The van der Waals surface area contributed by atoms with Gasteiger partial charge in [0.05, 0.1) is 11.4 Å². The van der Waals surface area contributed by atoms with Gasteiger partial charge in [-0.25, -0.2) is 5.12 Å². The number of nitrogens with zero attached hydrogens (tertiary/aromatic N) is 4. The van der Waals surface area contributed by atoms with Crippen molar-refractivity contribution in [1.82, 2.24) is 10.1 Å². The largest absolute Gasteiger partial charge is 0.384 e.